The lowest BCUT2D eigenvalue weighted by Crippen LogP contribution is -2.46. The third-order valence-corrected chi connectivity index (χ3v) is 9.59. The number of hydrogen-bond acceptors (Lipinski definition) is 7. The maximum atomic E-state index is 14.3. The SMILES string of the molecule is CC(c1ccnc(N=[N-])c1)N1CCC(C(=O)N2CCC(n3c(=O)n(CCN4CCOCC4)c4cc(F)ccc43)CC2)CC1. The first-order valence-electron chi connectivity index (χ1n) is 15.5. The Kier molecular flexibility index (Phi) is 8.96. The van der Waals surface area contributed by atoms with Crippen molar-refractivity contribution in [1.29, 1.82) is 0 Å². The number of nitrogens with zero attached hydrogens (tertiary/aromatic N) is 8. The molecule has 0 bridgehead atoms. The molecule has 5 heterocycles. The lowest BCUT2D eigenvalue weighted by Gasteiger charge is -2.39. The first kappa shape index (κ1) is 29.6. The van der Waals surface area contributed by atoms with Gasteiger partial charge in [0.05, 0.1) is 24.2 Å². The number of imidazole rings is 1. The van der Waals surface area contributed by atoms with Crippen molar-refractivity contribution < 1.29 is 13.9 Å². The molecular weight excluding hydrogens is 551 g/mol. The Labute approximate surface area is 250 Å². The molecule has 3 fully saturated rings. The number of carbonyl (C=O) groups excluding carboxylic acids is 1. The van der Waals surface area contributed by atoms with Gasteiger partial charge in [0.15, 0.2) is 0 Å². The quantitative estimate of drug-likeness (QED) is 0.367. The van der Waals surface area contributed by atoms with Crippen molar-refractivity contribution in [2.24, 2.45) is 11.0 Å². The largest absolute Gasteiger partial charge is 0.705 e. The second-order valence-electron chi connectivity index (χ2n) is 12.0. The van der Waals surface area contributed by atoms with Crippen LogP contribution in [0.25, 0.3) is 16.6 Å². The number of hydrogen-bond donors (Lipinski definition) is 0. The molecule has 0 spiro atoms. The second-order valence-corrected chi connectivity index (χ2v) is 12.0. The highest BCUT2D eigenvalue weighted by molar-refractivity contribution is 5.79. The summed E-state index contributed by atoms with van der Waals surface area (Å²) < 4.78 is 23.3. The monoisotopic (exact) mass is 591 g/mol. The smallest absolute Gasteiger partial charge is 0.329 e. The first-order valence-corrected chi connectivity index (χ1v) is 15.5. The predicted octanol–water partition coefficient (Wildman–Crippen LogP) is 3.96. The third-order valence-electron chi connectivity index (χ3n) is 9.59. The van der Waals surface area contributed by atoms with Crippen molar-refractivity contribution in [2.45, 2.75) is 51.2 Å². The number of piperidine rings is 2. The minimum absolute atomic E-state index is 0.00626. The zero-order valence-electron chi connectivity index (χ0n) is 24.8. The van der Waals surface area contributed by atoms with Crippen LogP contribution in [0.1, 0.15) is 50.3 Å². The molecule has 230 valence electrons. The Morgan fingerprint density at radius 3 is 2.49 bits per heavy atom. The van der Waals surface area contributed by atoms with Crippen LogP contribution in [-0.4, -0.2) is 93.8 Å². The van der Waals surface area contributed by atoms with Gasteiger partial charge in [-0.2, -0.15) is 0 Å². The van der Waals surface area contributed by atoms with E-state index in [1.54, 1.807) is 22.9 Å². The van der Waals surface area contributed by atoms with Crippen molar-refractivity contribution in [3.63, 3.8) is 0 Å². The van der Waals surface area contributed by atoms with E-state index in [-0.39, 0.29) is 35.4 Å². The van der Waals surface area contributed by atoms with Crippen LogP contribution >= 0.6 is 0 Å². The molecule has 1 aromatic carbocycles. The van der Waals surface area contributed by atoms with Crippen molar-refractivity contribution >= 4 is 22.8 Å². The van der Waals surface area contributed by atoms with Gasteiger partial charge in [-0.15, -0.1) is 0 Å². The van der Waals surface area contributed by atoms with E-state index in [1.807, 2.05) is 15.5 Å². The molecule has 11 nitrogen and oxygen atoms in total. The highest BCUT2D eigenvalue weighted by Gasteiger charge is 2.33. The maximum absolute atomic E-state index is 14.3. The van der Waals surface area contributed by atoms with Crippen LogP contribution in [0, 0.1) is 11.7 Å². The average Bonchev–Trinajstić information content (AvgIpc) is 3.33. The van der Waals surface area contributed by atoms with E-state index < -0.39 is 0 Å². The maximum Gasteiger partial charge on any atom is 0.329 e. The molecule has 1 atom stereocenters. The number of fused-ring (bicyclic) bond motifs is 1. The Morgan fingerprint density at radius 1 is 1.02 bits per heavy atom. The third kappa shape index (κ3) is 6.27. The van der Waals surface area contributed by atoms with Gasteiger partial charge in [0.25, 0.3) is 0 Å². The standard InChI is InChI=1S/C31H40FN8O3/c1-22(24-4-9-34-29(20-24)35-33)37-10-5-23(6-11-37)30(41)38-12-7-26(8-13-38)40-27-3-2-25(32)21-28(27)39(31(40)42)15-14-36-16-18-43-19-17-36/h2-4,9,20-23,26H,5-8,10-19H2,1H3/q-1. The van der Waals surface area contributed by atoms with Crippen LogP contribution in [0.5, 0.6) is 0 Å². The Balaban J connectivity index is 1.07. The fourth-order valence-electron chi connectivity index (χ4n) is 6.98. The molecule has 3 aliphatic rings. The molecule has 0 saturated carbocycles. The van der Waals surface area contributed by atoms with Gasteiger partial charge in [-0.05, 0) is 81.6 Å². The summed E-state index contributed by atoms with van der Waals surface area (Å²) >= 11 is 0. The summed E-state index contributed by atoms with van der Waals surface area (Å²) in [4.78, 5) is 37.9. The summed E-state index contributed by atoms with van der Waals surface area (Å²) in [6, 6.07) is 8.43. The van der Waals surface area contributed by atoms with Gasteiger partial charge in [0, 0.05) is 63.5 Å². The number of amides is 1. The van der Waals surface area contributed by atoms with Crippen molar-refractivity contribution in [3.8, 4) is 0 Å². The summed E-state index contributed by atoms with van der Waals surface area (Å²) in [7, 11) is 0. The predicted molar refractivity (Wildman–Crippen MR) is 161 cm³/mol. The molecule has 43 heavy (non-hydrogen) atoms. The van der Waals surface area contributed by atoms with E-state index >= 15 is 0 Å². The molecular formula is C31H40FN8O3-. The molecule has 1 unspecified atom stereocenters. The first-order chi connectivity index (χ1) is 20.9. The van der Waals surface area contributed by atoms with E-state index in [0.717, 1.165) is 50.1 Å². The number of rotatable bonds is 8. The topological polar surface area (TPSA) is 110 Å². The molecule has 0 radical (unpaired) electrons. The van der Waals surface area contributed by atoms with Crippen molar-refractivity contribution in [3.05, 3.63) is 63.9 Å². The van der Waals surface area contributed by atoms with Crippen LogP contribution < -0.4 is 5.69 Å². The van der Waals surface area contributed by atoms with E-state index in [2.05, 4.69) is 26.8 Å². The number of pyridine rings is 1. The zero-order chi connectivity index (χ0) is 29.9. The van der Waals surface area contributed by atoms with Gasteiger partial charge in [0.2, 0.25) is 5.91 Å². The molecule has 3 aromatic rings. The number of aromatic nitrogens is 3. The highest BCUT2D eigenvalue weighted by atomic mass is 19.1. The molecule has 3 saturated heterocycles. The van der Waals surface area contributed by atoms with Crippen LogP contribution in [0.15, 0.2) is 46.4 Å². The van der Waals surface area contributed by atoms with Gasteiger partial charge >= 0.3 is 5.69 Å². The fraction of sp³-hybridized carbons (Fsp3) is 0.581. The van der Waals surface area contributed by atoms with Crippen molar-refractivity contribution in [2.75, 3.05) is 59.0 Å². The van der Waals surface area contributed by atoms with E-state index in [1.165, 1.54) is 12.1 Å². The molecule has 3 aliphatic heterocycles. The van der Waals surface area contributed by atoms with Crippen LogP contribution in [0.2, 0.25) is 0 Å². The average molecular weight is 592 g/mol. The molecule has 2 aromatic heterocycles. The molecule has 0 aliphatic carbocycles. The van der Waals surface area contributed by atoms with Crippen LogP contribution in [0.4, 0.5) is 10.2 Å². The molecule has 12 heteroatoms. The Hall–Kier alpha value is -3.48. The summed E-state index contributed by atoms with van der Waals surface area (Å²) in [5, 5.41) is 3.20. The van der Waals surface area contributed by atoms with Crippen molar-refractivity contribution in [1.82, 2.24) is 28.8 Å². The van der Waals surface area contributed by atoms with E-state index in [4.69, 9.17) is 10.3 Å². The zero-order valence-corrected chi connectivity index (χ0v) is 24.8. The summed E-state index contributed by atoms with van der Waals surface area (Å²) in [5.74, 6) is 0.147. The van der Waals surface area contributed by atoms with Gasteiger partial charge in [-0.3, -0.25) is 23.7 Å². The van der Waals surface area contributed by atoms with Crippen LogP contribution in [-0.2, 0) is 16.1 Å². The van der Waals surface area contributed by atoms with E-state index in [9.17, 15) is 14.0 Å². The second kappa shape index (κ2) is 13.0. The molecule has 0 N–H and O–H groups in total. The number of carbonyl (C=O) groups is 1. The number of benzene rings is 1. The summed E-state index contributed by atoms with van der Waals surface area (Å²) in [5.41, 5.74) is 11.4. The minimum atomic E-state index is -0.350. The van der Waals surface area contributed by atoms with Gasteiger partial charge in [-0.1, -0.05) is 0 Å². The highest BCUT2D eigenvalue weighted by Crippen LogP contribution is 2.31. The van der Waals surface area contributed by atoms with Gasteiger partial charge in [-0.25, -0.2) is 14.2 Å². The lowest BCUT2D eigenvalue weighted by molar-refractivity contribution is -0.138. The Morgan fingerprint density at radius 2 is 1.77 bits per heavy atom. The fourth-order valence-corrected chi connectivity index (χ4v) is 6.98. The summed E-state index contributed by atoms with van der Waals surface area (Å²) in [6.07, 6.45) is 4.64. The summed E-state index contributed by atoms with van der Waals surface area (Å²) in [6.45, 7) is 9.24. The minimum Gasteiger partial charge on any atom is -0.705 e. The molecule has 6 rings (SSSR count). The van der Waals surface area contributed by atoms with Gasteiger partial charge in [0.1, 0.15) is 11.6 Å². The Bertz CT molecular complexity index is 1500. The number of morpholine rings is 1. The van der Waals surface area contributed by atoms with Crippen LogP contribution in [0.3, 0.4) is 0 Å². The number of halogens is 1. The van der Waals surface area contributed by atoms with E-state index in [0.29, 0.717) is 63.6 Å². The molecule has 1 amide bonds. The lowest BCUT2D eigenvalue weighted by atomic mass is 9.92. The number of ether oxygens (including phenoxy) is 1. The van der Waals surface area contributed by atoms with Gasteiger partial charge < -0.3 is 20.3 Å². The normalized spacial score (nSPS) is 20.5. The number of likely N-dealkylation sites (tertiary alicyclic amines) is 2.